The van der Waals surface area contributed by atoms with Gasteiger partial charge in [0, 0.05) is 5.57 Å². The van der Waals surface area contributed by atoms with Gasteiger partial charge in [0.1, 0.15) is 17.8 Å². The van der Waals surface area contributed by atoms with Gasteiger partial charge in [-0.3, -0.25) is 4.79 Å². The Morgan fingerprint density at radius 1 is 0.773 bits per heavy atom. The molecule has 2 aromatic rings. The van der Waals surface area contributed by atoms with Crippen LogP contribution < -0.4 is 30.4 Å². The molecule has 5 N–H and O–H groups in total. The van der Waals surface area contributed by atoms with Gasteiger partial charge in [0.2, 0.25) is 0 Å². The number of hydrogen-bond donors (Lipinski definition) is 3. The number of methoxy groups -OCH3 is 2. The van der Waals surface area contributed by atoms with Crippen molar-refractivity contribution in [2.24, 2.45) is 23.3 Å². The van der Waals surface area contributed by atoms with Gasteiger partial charge in [-0.25, -0.2) is 9.59 Å². The summed E-state index contributed by atoms with van der Waals surface area (Å²) in [6, 6.07) is 8.37. The maximum atomic E-state index is 13.1. The average Bonchev–Trinajstić information content (AvgIpc) is 3.00. The molecule has 2 atom stereocenters. The van der Waals surface area contributed by atoms with Gasteiger partial charge in [0.15, 0.2) is 28.8 Å². The van der Waals surface area contributed by atoms with E-state index in [4.69, 9.17) is 30.4 Å². The fourth-order valence-corrected chi connectivity index (χ4v) is 4.37. The van der Waals surface area contributed by atoms with Gasteiger partial charge in [-0.1, -0.05) is 45.9 Å². The molecule has 3 rings (SSSR count). The maximum Gasteiger partial charge on any atom is 0.328 e. The minimum absolute atomic E-state index is 0.0652. The number of nitrogens with two attached hydrogens (primary N) is 2. The standard InChI is InChI=1S/C34H42N2O8/c1-19(2)30(35)33(39)43-26-14-11-21(17-28(26)41-5)10-13-25(37)24-9-7-8-23(32(24)38)16-22-12-15-27(29(18-22)42-6)44-34(40)31(36)20(3)4/h10-20,30-31,38H,7-9,35-36H2,1-6H3/b13-10+,23-16+. The van der Waals surface area contributed by atoms with E-state index < -0.39 is 24.0 Å². The third kappa shape index (κ3) is 8.58. The number of benzene rings is 2. The minimum Gasteiger partial charge on any atom is -0.507 e. The quantitative estimate of drug-likeness (QED) is 0.168. The van der Waals surface area contributed by atoms with Gasteiger partial charge >= 0.3 is 11.9 Å². The van der Waals surface area contributed by atoms with Crippen molar-refractivity contribution in [2.75, 3.05) is 14.2 Å². The van der Waals surface area contributed by atoms with Crippen molar-refractivity contribution in [3.05, 3.63) is 70.5 Å². The second-order valence-corrected chi connectivity index (χ2v) is 11.3. The average molecular weight is 607 g/mol. The maximum absolute atomic E-state index is 13.1. The Kier molecular flexibility index (Phi) is 11.9. The SMILES string of the molecule is COc1cc(/C=C/C(=O)C2=C(O)/C(=C/c3ccc(OC(=O)C(N)C(C)C)c(OC)c3)CCC2)ccc1OC(=O)C(N)C(C)C. The number of hydrogen-bond acceptors (Lipinski definition) is 10. The zero-order chi connectivity index (χ0) is 32.6. The molecule has 0 saturated carbocycles. The second kappa shape index (κ2) is 15.4. The summed E-state index contributed by atoms with van der Waals surface area (Å²) in [5.41, 5.74) is 14.0. The molecule has 2 unspecified atom stereocenters. The third-order valence-electron chi connectivity index (χ3n) is 7.31. The molecule has 0 saturated heterocycles. The molecule has 1 aliphatic rings. The van der Waals surface area contributed by atoms with Gasteiger partial charge in [-0.15, -0.1) is 0 Å². The first kappa shape index (κ1) is 34.1. The van der Waals surface area contributed by atoms with Gasteiger partial charge in [0.05, 0.1) is 14.2 Å². The van der Waals surface area contributed by atoms with Crippen LogP contribution in [0.5, 0.6) is 23.0 Å². The summed E-state index contributed by atoms with van der Waals surface area (Å²) in [6.07, 6.45) is 6.44. The summed E-state index contributed by atoms with van der Waals surface area (Å²) in [5.74, 6) is -0.576. The van der Waals surface area contributed by atoms with E-state index in [1.165, 1.54) is 20.3 Å². The molecule has 0 spiro atoms. The van der Waals surface area contributed by atoms with Gasteiger partial charge < -0.3 is 35.5 Å². The summed E-state index contributed by atoms with van der Waals surface area (Å²) >= 11 is 0. The number of aliphatic hydroxyl groups excluding tert-OH is 1. The fourth-order valence-electron chi connectivity index (χ4n) is 4.37. The molecule has 0 amide bonds. The van der Waals surface area contributed by atoms with Crippen LogP contribution in [0, 0.1) is 11.8 Å². The Morgan fingerprint density at radius 2 is 1.27 bits per heavy atom. The van der Waals surface area contributed by atoms with Gasteiger partial charge in [-0.05, 0) is 84.2 Å². The van der Waals surface area contributed by atoms with E-state index in [-0.39, 0.29) is 34.9 Å². The molecular weight excluding hydrogens is 564 g/mol. The Morgan fingerprint density at radius 3 is 1.77 bits per heavy atom. The van der Waals surface area contributed by atoms with E-state index in [1.807, 2.05) is 27.7 Å². The molecule has 0 aromatic heterocycles. The first-order chi connectivity index (χ1) is 20.9. The van der Waals surface area contributed by atoms with Crippen molar-refractivity contribution >= 4 is 29.9 Å². The number of allylic oxidation sites excluding steroid dienone is 3. The number of esters is 2. The molecule has 44 heavy (non-hydrogen) atoms. The van der Waals surface area contributed by atoms with Crippen LogP contribution in [0.2, 0.25) is 0 Å². The van der Waals surface area contributed by atoms with Crippen LogP contribution in [-0.4, -0.2) is 49.1 Å². The normalized spacial score (nSPS) is 15.9. The van der Waals surface area contributed by atoms with Crippen LogP contribution >= 0.6 is 0 Å². The van der Waals surface area contributed by atoms with E-state index in [9.17, 15) is 19.5 Å². The van der Waals surface area contributed by atoms with Crippen molar-refractivity contribution in [1.29, 1.82) is 0 Å². The number of carbonyl (C=O) groups excluding carboxylic acids is 3. The van der Waals surface area contributed by atoms with E-state index in [0.717, 1.165) is 0 Å². The molecule has 10 nitrogen and oxygen atoms in total. The predicted molar refractivity (Wildman–Crippen MR) is 168 cm³/mol. The summed E-state index contributed by atoms with van der Waals surface area (Å²) in [7, 11) is 2.91. The van der Waals surface area contributed by atoms with E-state index in [2.05, 4.69) is 0 Å². The molecule has 0 radical (unpaired) electrons. The molecule has 2 aromatic carbocycles. The summed E-state index contributed by atoms with van der Waals surface area (Å²) in [5, 5.41) is 11.0. The molecule has 10 heteroatoms. The highest BCUT2D eigenvalue weighted by atomic mass is 16.6. The highest BCUT2D eigenvalue weighted by Gasteiger charge is 2.24. The summed E-state index contributed by atoms with van der Waals surface area (Å²) in [4.78, 5) is 37.7. The van der Waals surface area contributed by atoms with Crippen LogP contribution in [0.4, 0.5) is 0 Å². The Hall–Kier alpha value is -4.41. The first-order valence-corrected chi connectivity index (χ1v) is 14.5. The Labute approximate surface area is 258 Å². The van der Waals surface area contributed by atoms with Crippen molar-refractivity contribution in [1.82, 2.24) is 0 Å². The van der Waals surface area contributed by atoms with Crippen molar-refractivity contribution in [2.45, 2.75) is 59.0 Å². The van der Waals surface area contributed by atoms with E-state index in [1.54, 1.807) is 48.6 Å². The fraction of sp³-hybridized carbons (Fsp3) is 0.382. The monoisotopic (exact) mass is 606 g/mol. The third-order valence-corrected chi connectivity index (χ3v) is 7.31. The highest BCUT2D eigenvalue weighted by Crippen LogP contribution is 2.34. The van der Waals surface area contributed by atoms with Crippen LogP contribution in [0.15, 0.2) is 59.4 Å². The lowest BCUT2D eigenvalue weighted by Crippen LogP contribution is -2.38. The zero-order valence-electron chi connectivity index (χ0n) is 26.1. The van der Waals surface area contributed by atoms with Crippen LogP contribution in [0.3, 0.4) is 0 Å². The lowest BCUT2D eigenvalue weighted by atomic mass is 9.89. The molecule has 0 fully saturated rings. The number of ketones is 1. The van der Waals surface area contributed by atoms with Crippen molar-refractivity contribution in [3.63, 3.8) is 0 Å². The van der Waals surface area contributed by atoms with Crippen LogP contribution in [0.1, 0.15) is 58.1 Å². The predicted octanol–water partition coefficient (Wildman–Crippen LogP) is 5.14. The van der Waals surface area contributed by atoms with Crippen molar-refractivity contribution in [3.8, 4) is 23.0 Å². The smallest absolute Gasteiger partial charge is 0.328 e. The van der Waals surface area contributed by atoms with Crippen LogP contribution in [0.25, 0.3) is 12.2 Å². The Bertz CT molecular complexity index is 1470. The summed E-state index contributed by atoms with van der Waals surface area (Å²) < 4.78 is 21.6. The van der Waals surface area contributed by atoms with E-state index in [0.29, 0.717) is 53.0 Å². The molecule has 0 bridgehead atoms. The largest absolute Gasteiger partial charge is 0.507 e. The summed E-state index contributed by atoms with van der Waals surface area (Å²) in [6.45, 7) is 7.31. The number of carbonyl (C=O) groups is 3. The second-order valence-electron chi connectivity index (χ2n) is 11.3. The number of ether oxygens (including phenoxy) is 4. The lowest BCUT2D eigenvalue weighted by molar-refractivity contribution is -0.137. The van der Waals surface area contributed by atoms with Crippen molar-refractivity contribution < 1.29 is 38.4 Å². The molecule has 236 valence electrons. The molecular formula is C34H42N2O8. The number of rotatable bonds is 12. The van der Waals surface area contributed by atoms with E-state index >= 15 is 0 Å². The van der Waals surface area contributed by atoms with Crippen LogP contribution in [-0.2, 0) is 14.4 Å². The Balaban J connectivity index is 1.78. The number of aliphatic hydroxyl groups is 1. The molecule has 1 aliphatic carbocycles. The lowest BCUT2D eigenvalue weighted by Gasteiger charge is -2.18. The topological polar surface area (TPSA) is 160 Å². The highest BCUT2D eigenvalue weighted by molar-refractivity contribution is 6.07. The van der Waals surface area contributed by atoms with Gasteiger partial charge in [0.25, 0.3) is 0 Å². The molecule has 0 aliphatic heterocycles. The zero-order valence-corrected chi connectivity index (χ0v) is 26.1. The minimum atomic E-state index is -0.771. The first-order valence-electron chi connectivity index (χ1n) is 14.5. The van der Waals surface area contributed by atoms with Gasteiger partial charge in [-0.2, -0.15) is 0 Å². The molecule has 0 heterocycles.